The molecular weight excluding hydrogens is 288 g/mol. The highest BCUT2D eigenvalue weighted by Gasteiger charge is 2.13. The van der Waals surface area contributed by atoms with E-state index in [1.54, 1.807) is 0 Å². The Bertz CT molecular complexity index is 619. The number of hydrogen-bond acceptors (Lipinski definition) is 6. The van der Waals surface area contributed by atoms with Crippen LogP contribution in [-0.4, -0.2) is 25.5 Å². The molecular formula is C11H14N2O4S2. The van der Waals surface area contributed by atoms with E-state index in [9.17, 15) is 9.32 Å². The molecule has 0 spiro atoms. The van der Waals surface area contributed by atoms with Crippen LogP contribution in [0.4, 0.5) is 5.69 Å². The van der Waals surface area contributed by atoms with Gasteiger partial charge in [0.15, 0.2) is 11.1 Å². The van der Waals surface area contributed by atoms with Crippen LogP contribution >= 0.6 is 12.0 Å². The van der Waals surface area contributed by atoms with Crippen molar-refractivity contribution in [3.8, 4) is 5.75 Å². The van der Waals surface area contributed by atoms with Crippen LogP contribution < -0.4 is 11.5 Å². The van der Waals surface area contributed by atoms with Gasteiger partial charge in [0.25, 0.3) is 0 Å². The maximum Gasteiger partial charge on any atom is 0.187 e. The summed E-state index contributed by atoms with van der Waals surface area (Å²) in [6.07, 6.45) is 0. The van der Waals surface area contributed by atoms with E-state index < -0.39 is 11.1 Å². The van der Waals surface area contributed by atoms with Crippen molar-refractivity contribution in [2.75, 3.05) is 12.8 Å². The second-order valence-corrected chi connectivity index (χ2v) is 4.95. The lowest BCUT2D eigenvalue weighted by Crippen LogP contribution is -1.94. The van der Waals surface area contributed by atoms with Crippen molar-refractivity contribution >= 4 is 39.6 Å². The molecule has 0 aromatic heterocycles. The average molecular weight is 302 g/mol. The maximum atomic E-state index is 11.2. The van der Waals surface area contributed by atoms with Gasteiger partial charge in [-0.1, -0.05) is 0 Å². The van der Waals surface area contributed by atoms with E-state index >= 15 is 0 Å². The average Bonchev–Trinajstić information content (AvgIpc) is 2.40. The maximum absolute atomic E-state index is 11.2. The van der Waals surface area contributed by atoms with E-state index in [0.717, 1.165) is 0 Å². The van der Waals surface area contributed by atoms with Crippen LogP contribution in [0.5, 0.6) is 5.75 Å². The van der Waals surface area contributed by atoms with Gasteiger partial charge >= 0.3 is 0 Å². The molecule has 6 nitrogen and oxygen atoms in total. The Kier molecular flexibility index (Phi) is 5.58. The second kappa shape index (κ2) is 6.73. The fourth-order valence-electron chi connectivity index (χ4n) is 1.64. The highest BCUT2D eigenvalue weighted by Crippen LogP contribution is 2.36. The zero-order valence-corrected chi connectivity index (χ0v) is 11.7. The van der Waals surface area contributed by atoms with E-state index in [1.165, 1.54) is 31.3 Å². The Hall–Kier alpha value is -1.32. The van der Waals surface area contributed by atoms with Crippen LogP contribution in [0.2, 0.25) is 0 Å². The molecule has 0 aliphatic heterocycles. The standard InChI is InChI=1S/C10H9NO4S2.CH5N/c11-7-1-2-9(17(14)15)6-3-5(16-13)4-8(12)10(6)7;1-2/h1-4,12-13H,11H2,(H,14,15);2H2,1H3. The summed E-state index contributed by atoms with van der Waals surface area (Å²) < 4.78 is 29.3. The summed E-state index contributed by atoms with van der Waals surface area (Å²) in [7, 11) is 1.50. The zero-order chi connectivity index (χ0) is 14.6. The summed E-state index contributed by atoms with van der Waals surface area (Å²) in [6.45, 7) is 0. The van der Waals surface area contributed by atoms with Crippen molar-refractivity contribution in [2.45, 2.75) is 9.79 Å². The minimum absolute atomic E-state index is 0.135. The smallest absolute Gasteiger partial charge is 0.187 e. The number of hydrogen-bond donors (Lipinski definition) is 5. The lowest BCUT2D eigenvalue weighted by molar-refractivity contribution is 0.480. The number of nitrogens with two attached hydrogens (primary N) is 2. The van der Waals surface area contributed by atoms with Gasteiger partial charge in [-0.3, -0.25) is 0 Å². The quantitative estimate of drug-likeness (QED) is 0.325. The molecule has 0 aliphatic carbocycles. The Labute approximate surface area is 116 Å². The van der Waals surface area contributed by atoms with E-state index in [2.05, 4.69) is 5.73 Å². The van der Waals surface area contributed by atoms with Crippen molar-refractivity contribution in [1.29, 1.82) is 0 Å². The van der Waals surface area contributed by atoms with Crippen molar-refractivity contribution in [1.82, 2.24) is 0 Å². The lowest BCUT2D eigenvalue weighted by atomic mass is 10.1. The zero-order valence-electron chi connectivity index (χ0n) is 10.0. The first-order valence-corrected chi connectivity index (χ1v) is 6.98. The third kappa shape index (κ3) is 3.17. The molecule has 1 atom stereocenters. The minimum Gasteiger partial charge on any atom is -0.507 e. The molecule has 0 saturated carbocycles. The van der Waals surface area contributed by atoms with Gasteiger partial charge in [0.05, 0.1) is 4.90 Å². The van der Waals surface area contributed by atoms with Gasteiger partial charge < -0.3 is 25.7 Å². The van der Waals surface area contributed by atoms with Gasteiger partial charge in [-0.15, -0.1) is 0 Å². The summed E-state index contributed by atoms with van der Waals surface area (Å²) in [4.78, 5) is 0.507. The molecule has 0 amide bonds. The number of benzene rings is 2. The highest BCUT2D eigenvalue weighted by atomic mass is 32.2. The van der Waals surface area contributed by atoms with Crippen LogP contribution in [0.1, 0.15) is 0 Å². The number of nitrogen functional groups attached to an aromatic ring is 1. The summed E-state index contributed by atoms with van der Waals surface area (Å²) in [5, 5.41) is 10.4. The van der Waals surface area contributed by atoms with Crippen LogP contribution in [0.3, 0.4) is 0 Å². The predicted molar refractivity (Wildman–Crippen MR) is 77.7 cm³/mol. The highest BCUT2D eigenvalue weighted by molar-refractivity contribution is 7.93. The Balaban J connectivity index is 0.000000861. The Morgan fingerprint density at radius 1 is 1.26 bits per heavy atom. The molecule has 2 aromatic rings. The number of phenols is 1. The molecule has 8 heteroatoms. The normalized spacial score (nSPS) is 11.8. The summed E-state index contributed by atoms with van der Waals surface area (Å²) in [5.41, 5.74) is 10.5. The SMILES string of the molecule is CN.Nc1ccc(S(=O)O)c2cc(SO)cc(O)c12. The van der Waals surface area contributed by atoms with E-state index in [-0.39, 0.29) is 10.6 Å². The van der Waals surface area contributed by atoms with Crippen LogP contribution in [0, 0.1) is 0 Å². The summed E-state index contributed by atoms with van der Waals surface area (Å²) in [5.74, 6) is -0.135. The first-order valence-electron chi connectivity index (χ1n) is 5.10. The van der Waals surface area contributed by atoms with Gasteiger partial charge in [0.1, 0.15) is 5.75 Å². The molecule has 19 heavy (non-hydrogen) atoms. The third-order valence-corrected chi connectivity index (χ3v) is 3.53. The molecule has 7 N–H and O–H groups in total. The fourth-order valence-corrected chi connectivity index (χ4v) is 2.51. The molecule has 0 aliphatic rings. The Morgan fingerprint density at radius 2 is 1.89 bits per heavy atom. The van der Waals surface area contributed by atoms with Crippen LogP contribution in [0.25, 0.3) is 10.8 Å². The predicted octanol–water partition coefficient (Wildman–Crippen LogP) is 1.85. The molecule has 2 rings (SSSR count). The monoisotopic (exact) mass is 302 g/mol. The van der Waals surface area contributed by atoms with Gasteiger partial charge in [-0.25, -0.2) is 4.21 Å². The third-order valence-electron chi connectivity index (χ3n) is 2.35. The molecule has 0 heterocycles. The number of rotatable bonds is 2. The molecule has 104 valence electrons. The molecule has 0 saturated heterocycles. The number of anilines is 1. The summed E-state index contributed by atoms with van der Waals surface area (Å²) in [6, 6.07) is 5.71. The minimum atomic E-state index is -2.19. The largest absolute Gasteiger partial charge is 0.507 e. The first kappa shape index (κ1) is 15.7. The van der Waals surface area contributed by atoms with Crippen molar-refractivity contribution in [3.63, 3.8) is 0 Å². The number of aromatic hydroxyl groups is 1. The molecule has 1 unspecified atom stereocenters. The topological polar surface area (TPSA) is 130 Å². The molecule has 0 radical (unpaired) electrons. The van der Waals surface area contributed by atoms with Gasteiger partial charge in [-0.2, -0.15) is 0 Å². The fraction of sp³-hybridized carbons (Fsp3) is 0.0909. The first-order chi connectivity index (χ1) is 9.04. The van der Waals surface area contributed by atoms with Gasteiger partial charge in [-0.05, 0) is 31.3 Å². The van der Waals surface area contributed by atoms with Crippen LogP contribution in [0.15, 0.2) is 34.1 Å². The van der Waals surface area contributed by atoms with Crippen LogP contribution in [-0.2, 0) is 11.1 Å². The Morgan fingerprint density at radius 3 is 2.42 bits per heavy atom. The molecule has 0 bridgehead atoms. The van der Waals surface area contributed by atoms with Gasteiger partial charge in [0, 0.05) is 33.4 Å². The van der Waals surface area contributed by atoms with Crippen molar-refractivity contribution in [3.05, 3.63) is 24.3 Å². The van der Waals surface area contributed by atoms with E-state index in [4.69, 9.17) is 14.8 Å². The number of phenolic OH excluding ortho intramolecular Hbond substituents is 1. The van der Waals surface area contributed by atoms with E-state index in [1.807, 2.05) is 0 Å². The second-order valence-electron chi connectivity index (χ2n) is 3.36. The molecule has 0 fully saturated rings. The van der Waals surface area contributed by atoms with E-state index in [0.29, 0.717) is 33.4 Å². The van der Waals surface area contributed by atoms with Crippen molar-refractivity contribution in [2.24, 2.45) is 5.73 Å². The summed E-state index contributed by atoms with van der Waals surface area (Å²) >= 11 is -1.75. The lowest BCUT2D eigenvalue weighted by Gasteiger charge is -2.09. The number of fused-ring (bicyclic) bond motifs is 1. The molecule has 2 aromatic carbocycles. The van der Waals surface area contributed by atoms with Gasteiger partial charge in [0.2, 0.25) is 0 Å². The van der Waals surface area contributed by atoms with Crippen molar-refractivity contribution < 1.29 is 18.4 Å².